The van der Waals surface area contributed by atoms with E-state index in [0.29, 0.717) is 6.42 Å². The lowest BCUT2D eigenvalue weighted by Crippen LogP contribution is -2.36. The van der Waals surface area contributed by atoms with Crippen molar-refractivity contribution in [2.75, 3.05) is 46.8 Å². The van der Waals surface area contributed by atoms with Gasteiger partial charge in [-0.3, -0.25) is 4.79 Å². The molecule has 0 aromatic carbocycles. The van der Waals surface area contributed by atoms with Crippen LogP contribution in [0, 0.1) is 0 Å². The Morgan fingerprint density at radius 2 is 1.93 bits per heavy atom. The molecule has 14 heavy (non-hydrogen) atoms. The lowest BCUT2D eigenvalue weighted by molar-refractivity contribution is -0.130. The predicted octanol–water partition coefficient (Wildman–Crippen LogP) is -0.240. The van der Waals surface area contributed by atoms with Gasteiger partial charge in [0.15, 0.2) is 0 Å². The first-order chi connectivity index (χ1) is 6.70. The van der Waals surface area contributed by atoms with Gasteiger partial charge >= 0.3 is 0 Å². The molecule has 0 spiro atoms. The third-order valence-electron chi connectivity index (χ3n) is 2.66. The van der Waals surface area contributed by atoms with E-state index in [-0.39, 0.29) is 5.91 Å². The standard InChI is InChI=1S/C10H21N3O/c1-12-7-6-11-5-3-4-10(14)13(2)9-8-12/h11H,3-9H2,1-2H3. The van der Waals surface area contributed by atoms with Crippen LogP contribution in [0.4, 0.5) is 0 Å². The van der Waals surface area contributed by atoms with E-state index >= 15 is 0 Å². The van der Waals surface area contributed by atoms with E-state index in [0.717, 1.165) is 39.1 Å². The maximum Gasteiger partial charge on any atom is 0.222 e. The molecule has 0 saturated carbocycles. The molecule has 0 aromatic heterocycles. The van der Waals surface area contributed by atoms with Gasteiger partial charge in [-0.2, -0.15) is 0 Å². The minimum atomic E-state index is 0.266. The number of rotatable bonds is 0. The molecule has 0 aromatic rings. The number of carbonyl (C=O) groups is 1. The van der Waals surface area contributed by atoms with Crippen molar-refractivity contribution in [3.63, 3.8) is 0 Å². The highest BCUT2D eigenvalue weighted by molar-refractivity contribution is 5.75. The molecule has 0 aliphatic carbocycles. The molecule has 1 amide bonds. The second-order valence-corrected chi connectivity index (χ2v) is 3.97. The number of hydrogen-bond acceptors (Lipinski definition) is 3. The first kappa shape index (κ1) is 11.5. The molecule has 4 nitrogen and oxygen atoms in total. The molecule has 1 aliphatic heterocycles. The Bertz CT molecular complexity index is 184. The van der Waals surface area contributed by atoms with E-state index in [1.54, 1.807) is 0 Å². The van der Waals surface area contributed by atoms with Gasteiger partial charge in [-0.15, -0.1) is 0 Å². The Morgan fingerprint density at radius 1 is 1.14 bits per heavy atom. The zero-order chi connectivity index (χ0) is 10.4. The number of hydrogen-bond donors (Lipinski definition) is 1. The average molecular weight is 199 g/mol. The first-order valence-corrected chi connectivity index (χ1v) is 5.33. The normalized spacial score (nSPS) is 23.3. The fourth-order valence-electron chi connectivity index (χ4n) is 1.51. The molecule has 0 bridgehead atoms. The number of likely N-dealkylation sites (N-methyl/N-ethyl adjacent to an activating group) is 2. The minimum absolute atomic E-state index is 0.266. The van der Waals surface area contributed by atoms with Crippen molar-refractivity contribution in [3.05, 3.63) is 0 Å². The number of nitrogens with one attached hydrogen (secondary N) is 1. The van der Waals surface area contributed by atoms with Crippen LogP contribution in [0.25, 0.3) is 0 Å². The van der Waals surface area contributed by atoms with E-state index in [2.05, 4.69) is 17.3 Å². The van der Waals surface area contributed by atoms with E-state index < -0.39 is 0 Å². The van der Waals surface area contributed by atoms with Crippen LogP contribution in [0.3, 0.4) is 0 Å². The van der Waals surface area contributed by atoms with Gasteiger partial charge in [-0.05, 0) is 20.0 Å². The van der Waals surface area contributed by atoms with E-state index in [4.69, 9.17) is 0 Å². The molecule has 1 rings (SSSR count). The Kier molecular flexibility index (Phi) is 4.90. The lowest BCUT2D eigenvalue weighted by Gasteiger charge is -2.21. The monoisotopic (exact) mass is 199 g/mol. The summed E-state index contributed by atoms with van der Waals surface area (Å²) in [7, 11) is 3.99. The van der Waals surface area contributed by atoms with Crippen molar-refractivity contribution in [3.8, 4) is 0 Å². The zero-order valence-electron chi connectivity index (χ0n) is 9.25. The maximum atomic E-state index is 11.5. The van der Waals surface area contributed by atoms with Crippen molar-refractivity contribution >= 4 is 5.91 Å². The van der Waals surface area contributed by atoms with E-state index in [9.17, 15) is 4.79 Å². The van der Waals surface area contributed by atoms with Gasteiger partial charge in [0, 0.05) is 39.6 Å². The summed E-state index contributed by atoms with van der Waals surface area (Å²) in [6.45, 7) is 4.84. The van der Waals surface area contributed by atoms with Crippen LogP contribution >= 0.6 is 0 Å². The second-order valence-electron chi connectivity index (χ2n) is 3.97. The van der Waals surface area contributed by atoms with Crippen molar-refractivity contribution in [1.29, 1.82) is 0 Å². The third kappa shape index (κ3) is 4.07. The highest BCUT2D eigenvalue weighted by Gasteiger charge is 2.10. The molecule has 1 N–H and O–H groups in total. The van der Waals surface area contributed by atoms with Crippen LogP contribution in [0.2, 0.25) is 0 Å². The molecular weight excluding hydrogens is 178 g/mol. The molecule has 0 unspecified atom stereocenters. The summed E-state index contributed by atoms with van der Waals surface area (Å²) < 4.78 is 0. The van der Waals surface area contributed by atoms with Crippen molar-refractivity contribution in [2.24, 2.45) is 0 Å². The zero-order valence-corrected chi connectivity index (χ0v) is 9.25. The van der Waals surface area contributed by atoms with E-state index in [1.807, 2.05) is 11.9 Å². The van der Waals surface area contributed by atoms with Crippen LogP contribution < -0.4 is 5.32 Å². The minimum Gasteiger partial charge on any atom is -0.344 e. The summed E-state index contributed by atoms with van der Waals surface area (Å²) in [6, 6.07) is 0. The molecule has 1 aliphatic rings. The van der Waals surface area contributed by atoms with Crippen LogP contribution in [0.5, 0.6) is 0 Å². The van der Waals surface area contributed by atoms with Gasteiger partial charge in [-0.25, -0.2) is 0 Å². The Morgan fingerprint density at radius 3 is 2.71 bits per heavy atom. The fraction of sp³-hybridized carbons (Fsp3) is 0.900. The highest BCUT2D eigenvalue weighted by Crippen LogP contribution is 1.96. The number of nitrogens with zero attached hydrogens (tertiary/aromatic N) is 2. The summed E-state index contributed by atoms with van der Waals surface area (Å²) in [6.07, 6.45) is 1.63. The molecule has 0 atom stereocenters. The molecule has 1 fully saturated rings. The van der Waals surface area contributed by atoms with Crippen LogP contribution in [-0.4, -0.2) is 62.5 Å². The molecule has 82 valence electrons. The van der Waals surface area contributed by atoms with Gasteiger partial charge in [0.25, 0.3) is 0 Å². The van der Waals surface area contributed by atoms with Gasteiger partial charge in [0.05, 0.1) is 0 Å². The smallest absolute Gasteiger partial charge is 0.222 e. The topological polar surface area (TPSA) is 35.6 Å². The van der Waals surface area contributed by atoms with Gasteiger partial charge in [0.2, 0.25) is 5.91 Å². The Balaban J connectivity index is 2.40. The average Bonchev–Trinajstić information content (AvgIpc) is 2.20. The third-order valence-corrected chi connectivity index (χ3v) is 2.66. The quantitative estimate of drug-likeness (QED) is 0.585. The van der Waals surface area contributed by atoms with Gasteiger partial charge < -0.3 is 15.1 Å². The molecule has 4 heteroatoms. The fourth-order valence-corrected chi connectivity index (χ4v) is 1.51. The first-order valence-electron chi connectivity index (χ1n) is 5.33. The van der Waals surface area contributed by atoms with Crippen LogP contribution in [0.15, 0.2) is 0 Å². The predicted molar refractivity (Wildman–Crippen MR) is 57.2 cm³/mol. The van der Waals surface area contributed by atoms with Gasteiger partial charge in [0.1, 0.15) is 0 Å². The second kappa shape index (κ2) is 5.98. The van der Waals surface area contributed by atoms with Gasteiger partial charge in [-0.1, -0.05) is 0 Å². The van der Waals surface area contributed by atoms with Crippen molar-refractivity contribution in [2.45, 2.75) is 12.8 Å². The molecule has 0 radical (unpaired) electrons. The molecular formula is C10H21N3O. The SMILES string of the molecule is CN1CCNCCCC(=O)N(C)CC1. The van der Waals surface area contributed by atoms with E-state index in [1.165, 1.54) is 0 Å². The number of amides is 1. The Hall–Kier alpha value is -0.610. The van der Waals surface area contributed by atoms with Crippen molar-refractivity contribution < 1.29 is 4.79 Å². The summed E-state index contributed by atoms with van der Waals surface area (Å²) in [4.78, 5) is 15.6. The Labute approximate surface area is 86.2 Å². The highest BCUT2D eigenvalue weighted by atomic mass is 16.2. The summed E-state index contributed by atoms with van der Waals surface area (Å²) in [5, 5.41) is 3.34. The number of carbonyl (C=O) groups excluding carboxylic acids is 1. The molecule has 1 saturated heterocycles. The lowest BCUT2D eigenvalue weighted by atomic mass is 10.3. The largest absolute Gasteiger partial charge is 0.344 e. The van der Waals surface area contributed by atoms with Crippen molar-refractivity contribution in [1.82, 2.24) is 15.1 Å². The van der Waals surface area contributed by atoms with Crippen LogP contribution in [-0.2, 0) is 4.79 Å². The summed E-state index contributed by atoms with van der Waals surface area (Å²) in [5.41, 5.74) is 0. The van der Waals surface area contributed by atoms with Crippen LogP contribution in [0.1, 0.15) is 12.8 Å². The summed E-state index contributed by atoms with van der Waals surface area (Å²) >= 11 is 0. The summed E-state index contributed by atoms with van der Waals surface area (Å²) in [5.74, 6) is 0.266. The molecule has 1 heterocycles. The maximum absolute atomic E-state index is 11.5.